The minimum atomic E-state index is 0.733. The summed E-state index contributed by atoms with van der Waals surface area (Å²) in [6, 6.07) is 75.7. The zero-order chi connectivity index (χ0) is 37.7. The van der Waals surface area contributed by atoms with Gasteiger partial charge in [-0.1, -0.05) is 164 Å². The molecular weight excluding hydrogens is 691 g/mol. The Balaban J connectivity index is 1.05. The number of benzene rings is 9. The first kappa shape index (κ1) is 32.8. The summed E-state index contributed by atoms with van der Waals surface area (Å²) in [4.78, 5) is 12.8. The van der Waals surface area contributed by atoms with Crippen LogP contribution in [-0.4, -0.2) is 9.97 Å². The molecule has 266 valence electrons. The predicted molar refractivity (Wildman–Crippen MR) is 238 cm³/mol. The first-order chi connectivity index (χ1) is 28.3. The van der Waals surface area contributed by atoms with Crippen molar-refractivity contribution >= 4 is 38.7 Å². The maximum Gasteiger partial charge on any atom is 0.161 e. The van der Waals surface area contributed by atoms with Gasteiger partial charge in [0.15, 0.2) is 5.82 Å². The van der Waals surface area contributed by atoms with Gasteiger partial charge < -0.3 is 4.90 Å². The lowest BCUT2D eigenvalue weighted by molar-refractivity contribution is 1.23. The van der Waals surface area contributed by atoms with Gasteiger partial charge in [-0.15, -0.1) is 0 Å². The van der Waals surface area contributed by atoms with Gasteiger partial charge in [0.1, 0.15) is 0 Å². The van der Waals surface area contributed by atoms with Crippen molar-refractivity contribution in [2.45, 2.75) is 0 Å². The first-order valence-electron chi connectivity index (χ1n) is 19.4. The topological polar surface area (TPSA) is 29.0 Å². The molecule has 1 aliphatic rings. The molecule has 0 atom stereocenters. The van der Waals surface area contributed by atoms with Gasteiger partial charge in [0.05, 0.1) is 11.2 Å². The average molecular weight is 726 g/mol. The van der Waals surface area contributed by atoms with Crippen molar-refractivity contribution in [3.05, 3.63) is 212 Å². The fourth-order valence-electron chi connectivity index (χ4n) is 8.53. The maximum absolute atomic E-state index is 5.26. The Morgan fingerprint density at radius 1 is 0.298 bits per heavy atom. The molecule has 11 rings (SSSR count). The monoisotopic (exact) mass is 725 g/mol. The third kappa shape index (κ3) is 5.68. The Hall–Kier alpha value is -7.62. The third-order valence-corrected chi connectivity index (χ3v) is 11.2. The van der Waals surface area contributed by atoms with Gasteiger partial charge in [0.25, 0.3) is 0 Å². The van der Waals surface area contributed by atoms with Crippen molar-refractivity contribution in [1.82, 2.24) is 9.97 Å². The number of para-hydroxylation sites is 1. The Labute approximate surface area is 331 Å². The van der Waals surface area contributed by atoms with Crippen molar-refractivity contribution in [3.63, 3.8) is 0 Å². The second kappa shape index (κ2) is 13.6. The molecule has 0 unspecified atom stereocenters. The highest BCUT2D eigenvalue weighted by Gasteiger charge is 2.26. The van der Waals surface area contributed by atoms with Crippen LogP contribution in [0.2, 0.25) is 0 Å². The van der Waals surface area contributed by atoms with Crippen molar-refractivity contribution in [2.24, 2.45) is 0 Å². The lowest BCUT2D eigenvalue weighted by Crippen LogP contribution is -2.10. The largest absolute Gasteiger partial charge is 0.310 e. The molecule has 0 radical (unpaired) electrons. The van der Waals surface area contributed by atoms with Gasteiger partial charge >= 0.3 is 0 Å². The standard InChI is InChI=1S/C54H35N3/c1-4-14-36(15-5-1)38-26-28-41(29-27-38)57(42-21-12-20-40(34-42)37-16-6-2-7-17-37)43-30-31-44-47-32-33-48(45-23-13-24-46(52(45)47)50(44)35-43)54-55-51-25-11-10-22-49(51)53(56-54)39-18-8-3-9-19-39/h1-35H. The van der Waals surface area contributed by atoms with Crippen LogP contribution >= 0.6 is 0 Å². The van der Waals surface area contributed by atoms with E-state index in [2.05, 4.69) is 211 Å². The van der Waals surface area contributed by atoms with Gasteiger partial charge in [-0.2, -0.15) is 0 Å². The van der Waals surface area contributed by atoms with Crippen molar-refractivity contribution in [1.29, 1.82) is 0 Å². The molecule has 0 fully saturated rings. The fraction of sp³-hybridized carbons (Fsp3) is 0. The zero-order valence-corrected chi connectivity index (χ0v) is 31.0. The van der Waals surface area contributed by atoms with E-state index in [1.165, 1.54) is 49.9 Å². The van der Waals surface area contributed by atoms with E-state index in [9.17, 15) is 0 Å². The second-order valence-corrected chi connectivity index (χ2v) is 14.6. The number of aromatic nitrogens is 2. The van der Waals surface area contributed by atoms with Crippen LogP contribution in [0.3, 0.4) is 0 Å². The zero-order valence-electron chi connectivity index (χ0n) is 31.0. The van der Waals surface area contributed by atoms with Gasteiger partial charge in [0.2, 0.25) is 0 Å². The fourth-order valence-corrected chi connectivity index (χ4v) is 8.53. The predicted octanol–water partition coefficient (Wildman–Crippen LogP) is 14.6. The highest BCUT2D eigenvalue weighted by Crippen LogP contribution is 2.51. The smallest absolute Gasteiger partial charge is 0.161 e. The third-order valence-electron chi connectivity index (χ3n) is 11.2. The van der Waals surface area contributed by atoms with E-state index in [0.717, 1.165) is 56.0 Å². The van der Waals surface area contributed by atoms with E-state index in [-0.39, 0.29) is 0 Å². The van der Waals surface area contributed by atoms with E-state index >= 15 is 0 Å². The van der Waals surface area contributed by atoms with Crippen LogP contribution in [0.1, 0.15) is 0 Å². The molecule has 0 saturated heterocycles. The van der Waals surface area contributed by atoms with E-state index in [0.29, 0.717) is 0 Å². The summed E-state index contributed by atoms with van der Waals surface area (Å²) in [7, 11) is 0. The van der Waals surface area contributed by atoms with Crippen LogP contribution < -0.4 is 4.90 Å². The summed E-state index contributed by atoms with van der Waals surface area (Å²) in [5, 5.41) is 3.44. The minimum absolute atomic E-state index is 0.733. The number of hydrogen-bond donors (Lipinski definition) is 0. The Morgan fingerprint density at radius 3 is 1.61 bits per heavy atom. The average Bonchev–Trinajstić information content (AvgIpc) is 3.61. The van der Waals surface area contributed by atoms with E-state index in [1.807, 2.05) is 6.07 Å². The summed E-state index contributed by atoms with van der Waals surface area (Å²) >= 11 is 0. The lowest BCUT2D eigenvalue weighted by atomic mass is 9.97. The molecule has 0 spiro atoms. The number of rotatable bonds is 7. The van der Waals surface area contributed by atoms with Crippen molar-refractivity contribution in [2.75, 3.05) is 4.90 Å². The maximum atomic E-state index is 5.26. The molecule has 3 nitrogen and oxygen atoms in total. The van der Waals surface area contributed by atoms with Crippen LogP contribution in [0, 0.1) is 0 Å². The van der Waals surface area contributed by atoms with Gasteiger partial charge in [-0.3, -0.25) is 0 Å². The van der Waals surface area contributed by atoms with Crippen LogP contribution in [-0.2, 0) is 0 Å². The van der Waals surface area contributed by atoms with Gasteiger partial charge in [-0.25, -0.2) is 9.97 Å². The molecule has 0 bridgehead atoms. The number of nitrogens with zero attached hydrogens (tertiary/aromatic N) is 3. The van der Waals surface area contributed by atoms with E-state index in [1.54, 1.807) is 0 Å². The summed E-state index contributed by atoms with van der Waals surface area (Å²) in [6.07, 6.45) is 0. The molecule has 0 amide bonds. The molecule has 1 aliphatic carbocycles. The quantitative estimate of drug-likeness (QED) is 0.164. The Morgan fingerprint density at radius 2 is 0.842 bits per heavy atom. The molecule has 57 heavy (non-hydrogen) atoms. The molecule has 10 aromatic rings. The van der Waals surface area contributed by atoms with Crippen molar-refractivity contribution < 1.29 is 0 Å². The molecule has 0 aliphatic heterocycles. The van der Waals surface area contributed by atoms with Gasteiger partial charge in [-0.05, 0) is 104 Å². The number of anilines is 3. The second-order valence-electron chi connectivity index (χ2n) is 14.6. The molecule has 1 aromatic heterocycles. The van der Waals surface area contributed by atoms with Crippen LogP contribution in [0.25, 0.3) is 88.8 Å². The Bertz CT molecular complexity index is 3100. The van der Waals surface area contributed by atoms with Gasteiger partial charge in [0, 0.05) is 33.6 Å². The minimum Gasteiger partial charge on any atom is -0.310 e. The highest BCUT2D eigenvalue weighted by atomic mass is 15.1. The molecular formula is C54H35N3. The number of fused-ring (bicyclic) bond motifs is 4. The van der Waals surface area contributed by atoms with Crippen LogP contribution in [0.4, 0.5) is 17.1 Å². The SMILES string of the molecule is c1ccc(-c2ccc(N(c3cccc(-c4ccccc4)c3)c3ccc4c(c3)-c3cccc5c(-c6nc(-c7ccccc7)c7ccccc7n6)ccc-4c35)cc2)cc1. The molecule has 1 heterocycles. The van der Waals surface area contributed by atoms with E-state index in [4.69, 9.17) is 9.97 Å². The summed E-state index contributed by atoms with van der Waals surface area (Å²) < 4.78 is 0. The normalized spacial score (nSPS) is 11.5. The van der Waals surface area contributed by atoms with Crippen LogP contribution in [0.5, 0.6) is 0 Å². The highest BCUT2D eigenvalue weighted by molar-refractivity contribution is 6.19. The number of hydrogen-bond acceptors (Lipinski definition) is 3. The van der Waals surface area contributed by atoms with Crippen LogP contribution in [0.15, 0.2) is 212 Å². The molecule has 0 saturated carbocycles. The molecule has 3 heteroatoms. The summed E-state index contributed by atoms with van der Waals surface area (Å²) in [6.45, 7) is 0. The van der Waals surface area contributed by atoms with Crippen molar-refractivity contribution in [3.8, 4) is 67.2 Å². The molecule has 0 N–H and O–H groups in total. The first-order valence-corrected chi connectivity index (χ1v) is 19.4. The van der Waals surface area contributed by atoms with E-state index < -0.39 is 0 Å². The molecule has 9 aromatic carbocycles. The summed E-state index contributed by atoms with van der Waals surface area (Å²) in [5.41, 5.74) is 17.0. The summed E-state index contributed by atoms with van der Waals surface area (Å²) in [5.74, 6) is 0.733. The lowest BCUT2D eigenvalue weighted by Gasteiger charge is -2.27. The Kier molecular flexibility index (Phi) is 7.82.